The average molecular weight is 333 g/mol. The van der Waals surface area contributed by atoms with Gasteiger partial charge in [0.05, 0.1) is 0 Å². The predicted molar refractivity (Wildman–Crippen MR) is 95.6 cm³/mol. The molecule has 0 fully saturated rings. The number of hydrogen-bond donors (Lipinski definition) is 1. The maximum absolute atomic E-state index is 11.9. The van der Waals surface area contributed by atoms with E-state index in [-0.39, 0.29) is 12.5 Å². The van der Waals surface area contributed by atoms with E-state index >= 15 is 0 Å². The highest BCUT2D eigenvalue weighted by molar-refractivity contribution is 6.30. The molecule has 0 atom stereocenters. The first kappa shape index (κ1) is 17.2. The summed E-state index contributed by atoms with van der Waals surface area (Å²) in [5, 5.41) is 3.39. The normalized spacial score (nSPS) is 10.2. The molecule has 122 valence electrons. The van der Waals surface area contributed by atoms with Crippen molar-refractivity contribution in [2.24, 2.45) is 0 Å². The molecular weight excluding hydrogens is 312 g/mol. The van der Waals surface area contributed by atoms with Crippen molar-refractivity contribution in [2.45, 2.75) is 13.8 Å². The molecule has 5 heteroatoms. The second kappa shape index (κ2) is 8.44. The molecule has 1 N–H and O–H groups in total. The van der Waals surface area contributed by atoms with Crippen molar-refractivity contribution >= 4 is 28.9 Å². The molecule has 0 saturated heterocycles. The second-order valence-corrected chi connectivity index (χ2v) is 5.45. The van der Waals surface area contributed by atoms with Crippen LogP contribution in [0.1, 0.15) is 13.8 Å². The Labute approximate surface area is 142 Å². The van der Waals surface area contributed by atoms with Crippen molar-refractivity contribution in [3.05, 3.63) is 53.6 Å². The van der Waals surface area contributed by atoms with Gasteiger partial charge in [0.25, 0.3) is 5.91 Å². The summed E-state index contributed by atoms with van der Waals surface area (Å²) < 4.78 is 5.41. The zero-order valence-corrected chi connectivity index (χ0v) is 14.1. The van der Waals surface area contributed by atoms with Crippen LogP contribution in [0.25, 0.3) is 0 Å². The van der Waals surface area contributed by atoms with Gasteiger partial charge < -0.3 is 15.0 Å². The van der Waals surface area contributed by atoms with Crippen LogP contribution in [0.3, 0.4) is 0 Å². The summed E-state index contributed by atoms with van der Waals surface area (Å²) in [6, 6.07) is 14.8. The number of amides is 1. The molecule has 0 heterocycles. The monoisotopic (exact) mass is 332 g/mol. The molecule has 0 unspecified atom stereocenters. The molecule has 1 amide bonds. The number of benzene rings is 2. The lowest BCUT2D eigenvalue weighted by Crippen LogP contribution is -2.22. The number of anilines is 2. The van der Waals surface area contributed by atoms with E-state index < -0.39 is 0 Å². The Kier molecular flexibility index (Phi) is 6.29. The van der Waals surface area contributed by atoms with Crippen LogP contribution < -0.4 is 15.0 Å². The number of rotatable bonds is 7. The van der Waals surface area contributed by atoms with Crippen LogP contribution in [0.15, 0.2) is 48.5 Å². The number of hydrogen-bond acceptors (Lipinski definition) is 3. The SMILES string of the molecule is CCN(CC)c1ccc(NC(=O)COc2cccc(Cl)c2)cc1. The van der Waals surface area contributed by atoms with Crippen LogP contribution in [-0.4, -0.2) is 25.6 Å². The maximum Gasteiger partial charge on any atom is 0.262 e. The molecule has 0 spiro atoms. The summed E-state index contributed by atoms with van der Waals surface area (Å²) in [7, 11) is 0. The second-order valence-electron chi connectivity index (χ2n) is 5.01. The summed E-state index contributed by atoms with van der Waals surface area (Å²) in [4.78, 5) is 14.2. The largest absolute Gasteiger partial charge is 0.484 e. The van der Waals surface area contributed by atoms with Crippen LogP contribution in [-0.2, 0) is 4.79 Å². The smallest absolute Gasteiger partial charge is 0.262 e. The molecular formula is C18H21ClN2O2. The van der Waals surface area contributed by atoms with E-state index in [4.69, 9.17) is 16.3 Å². The van der Waals surface area contributed by atoms with Crippen molar-refractivity contribution in [3.63, 3.8) is 0 Å². The lowest BCUT2D eigenvalue weighted by atomic mass is 10.2. The van der Waals surface area contributed by atoms with E-state index in [2.05, 4.69) is 24.1 Å². The molecule has 0 aliphatic heterocycles. The highest BCUT2D eigenvalue weighted by Gasteiger charge is 2.06. The Balaban J connectivity index is 1.87. The lowest BCUT2D eigenvalue weighted by molar-refractivity contribution is -0.118. The third-order valence-corrected chi connectivity index (χ3v) is 3.68. The van der Waals surface area contributed by atoms with Gasteiger partial charge in [0, 0.05) is 29.5 Å². The van der Waals surface area contributed by atoms with Crippen LogP contribution >= 0.6 is 11.6 Å². The van der Waals surface area contributed by atoms with Crippen molar-refractivity contribution in [2.75, 3.05) is 29.9 Å². The molecule has 0 radical (unpaired) electrons. The molecule has 0 aliphatic carbocycles. The molecule has 0 aromatic heterocycles. The highest BCUT2D eigenvalue weighted by atomic mass is 35.5. The first-order valence-electron chi connectivity index (χ1n) is 7.65. The van der Waals surface area contributed by atoms with Gasteiger partial charge in [0.2, 0.25) is 0 Å². The number of nitrogens with one attached hydrogen (secondary N) is 1. The number of ether oxygens (including phenoxy) is 1. The Morgan fingerprint density at radius 2 is 1.83 bits per heavy atom. The maximum atomic E-state index is 11.9. The number of halogens is 1. The van der Waals surface area contributed by atoms with Gasteiger partial charge in [0.15, 0.2) is 6.61 Å². The minimum absolute atomic E-state index is 0.0574. The van der Waals surface area contributed by atoms with E-state index in [1.165, 1.54) is 0 Å². The molecule has 0 bridgehead atoms. The Bertz CT molecular complexity index is 640. The van der Waals surface area contributed by atoms with Crippen LogP contribution in [0, 0.1) is 0 Å². The highest BCUT2D eigenvalue weighted by Crippen LogP contribution is 2.19. The first-order valence-corrected chi connectivity index (χ1v) is 8.03. The van der Waals surface area contributed by atoms with E-state index in [0.717, 1.165) is 24.5 Å². The Morgan fingerprint density at radius 1 is 1.13 bits per heavy atom. The zero-order valence-electron chi connectivity index (χ0n) is 13.4. The van der Waals surface area contributed by atoms with Gasteiger partial charge in [-0.3, -0.25) is 4.79 Å². The van der Waals surface area contributed by atoms with Gasteiger partial charge in [-0.15, -0.1) is 0 Å². The van der Waals surface area contributed by atoms with Gasteiger partial charge in [-0.2, -0.15) is 0 Å². The Morgan fingerprint density at radius 3 is 2.43 bits per heavy atom. The first-order chi connectivity index (χ1) is 11.1. The van der Waals surface area contributed by atoms with Gasteiger partial charge in [0.1, 0.15) is 5.75 Å². The summed E-state index contributed by atoms with van der Waals surface area (Å²) >= 11 is 5.87. The number of carbonyl (C=O) groups is 1. The fourth-order valence-electron chi connectivity index (χ4n) is 2.25. The molecule has 0 saturated carbocycles. The fraction of sp³-hybridized carbons (Fsp3) is 0.278. The number of carbonyl (C=O) groups excluding carboxylic acids is 1. The van der Waals surface area contributed by atoms with Crippen LogP contribution in [0.4, 0.5) is 11.4 Å². The summed E-state index contributed by atoms with van der Waals surface area (Å²) in [5.41, 5.74) is 1.89. The minimum Gasteiger partial charge on any atom is -0.484 e. The van der Waals surface area contributed by atoms with Crippen molar-refractivity contribution in [1.29, 1.82) is 0 Å². The van der Waals surface area contributed by atoms with Gasteiger partial charge in [-0.25, -0.2) is 0 Å². The minimum atomic E-state index is -0.208. The lowest BCUT2D eigenvalue weighted by Gasteiger charge is -2.21. The predicted octanol–water partition coefficient (Wildman–Crippen LogP) is 4.20. The van der Waals surface area contributed by atoms with Crippen LogP contribution in [0.2, 0.25) is 5.02 Å². The van der Waals surface area contributed by atoms with E-state index in [1.54, 1.807) is 24.3 Å². The molecule has 2 aromatic carbocycles. The molecule has 2 rings (SSSR count). The van der Waals surface area contributed by atoms with Crippen molar-refractivity contribution in [1.82, 2.24) is 0 Å². The summed E-state index contributed by atoms with van der Waals surface area (Å²) in [6.45, 7) is 6.09. The standard InChI is InChI=1S/C18H21ClN2O2/c1-3-21(4-2)16-10-8-15(9-11-16)20-18(22)13-23-17-7-5-6-14(19)12-17/h5-12H,3-4,13H2,1-2H3,(H,20,22). The van der Waals surface area contributed by atoms with E-state index in [1.807, 2.05) is 24.3 Å². The third kappa shape index (κ3) is 5.18. The van der Waals surface area contributed by atoms with Gasteiger partial charge >= 0.3 is 0 Å². The van der Waals surface area contributed by atoms with Gasteiger partial charge in [-0.1, -0.05) is 17.7 Å². The van der Waals surface area contributed by atoms with E-state index in [9.17, 15) is 4.79 Å². The van der Waals surface area contributed by atoms with E-state index in [0.29, 0.717) is 10.8 Å². The van der Waals surface area contributed by atoms with Crippen molar-refractivity contribution in [3.8, 4) is 5.75 Å². The Hall–Kier alpha value is -2.20. The third-order valence-electron chi connectivity index (χ3n) is 3.45. The summed E-state index contributed by atoms with van der Waals surface area (Å²) in [6.07, 6.45) is 0. The quantitative estimate of drug-likeness (QED) is 0.826. The topological polar surface area (TPSA) is 41.6 Å². The molecule has 23 heavy (non-hydrogen) atoms. The average Bonchev–Trinajstić information content (AvgIpc) is 2.56. The molecule has 0 aliphatic rings. The van der Waals surface area contributed by atoms with Crippen molar-refractivity contribution < 1.29 is 9.53 Å². The van der Waals surface area contributed by atoms with Crippen LogP contribution in [0.5, 0.6) is 5.75 Å². The zero-order chi connectivity index (χ0) is 16.7. The fourth-order valence-corrected chi connectivity index (χ4v) is 2.43. The summed E-state index contributed by atoms with van der Waals surface area (Å²) in [5.74, 6) is 0.366. The molecule has 4 nitrogen and oxygen atoms in total. The molecule has 2 aromatic rings. The number of nitrogens with zero attached hydrogens (tertiary/aromatic N) is 1. The van der Waals surface area contributed by atoms with Gasteiger partial charge in [-0.05, 0) is 56.3 Å².